The maximum Gasteiger partial charge on any atom is 0.103 e. The third kappa shape index (κ3) is 2.40. The van der Waals surface area contributed by atoms with Gasteiger partial charge >= 0.3 is 0 Å². The molecule has 2 nitrogen and oxygen atoms in total. The minimum atomic E-state index is -0.437. The topological polar surface area (TPSA) is 33.1 Å². The van der Waals surface area contributed by atoms with Crippen molar-refractivity contribution in [2.24, 2.45) is 0 Å². The third-order valence-corrected chi connectivity index (χ3v) is 4.46. The van der Waals surface area contributed by atoms with Gasteiger partial charge in [-0.2, -0.15) is 0 Å². The molecule has 0 saturated carbocycles. The lowest BCUT2D eigenvalue weighted by Gasteiger charge is -2.22. The van der Waals surface area contributed by atoms with Crippen LogP contribution in [-0.4, -0.2) is 10.1 Å². The Bertz CT molecular complexity index is 488. The average molecular weight is 247 g/mol. The molecule has 0 saturated heterocycles. The predicted octanol–water partition coefficient (Wildman–Crippen LogP) is 3.52. The van der Waals surface area contributed by atoms with E-state index < -0.39 is 6.10 Å². The van der Waals surface area contributed by atoms with E-state index in [1.54, 1.807) is 24.5 Å². The van der Waals surface area contributed by atoms with Crippen LogP contribution in [0.3, 0.4) is 0 Å². The van der Waals surface area contributed by atoms with Crippen LogP contribution in [0.25, 0.3) is 0 Å². The maximum absolute atomic E-state index is 9.54. The third-order valence-electron chi connectivity index (χ3n) is 2.97. The molecule has 0 spiro atoms. The van der Waals surface area contributed by atoms with Gasteiger partial charge in [-0.1, -0.05) is 30.3 Å². The molecular formula is C14H17NOS. The molecule has 0 aliphatic carbocycles. The van der Waals surface area contributed by atoms with E-state index in [0.29, 0.717) is 0 Å². The zero-order valence-corrected chi connectivity index (χ0v) is 11.2. The molecule has 1 aromatic heterocycles. The van der Waals surface area contributed by atoms with Crippen molar-refractivity contribution in [2.75, 3.05) is 0 Å². The van der Waals surface area contributed by atoms with Crippen LogP contribution in [0.2, 0.25) is 0 Å². The van der Waals surface area contributed by atoms with E-state index in [0.717, 1.165) is 9.88 Å². The molecule has 1 N–H and O–H groups in total. The van der Waals surface area contributed by atoms with Crippen molar-refractivity contribution in [1.82, 2.24) is 4.98 Å². The molecule has 0 aliphatic rings. The molecule has 0 radical (unpaired) electrons. The molecule has 17 heavy (non-hydrogen) atoms. The first-order valence-corrected chi connectivity index (χ1v) is 6.53. The second-order valence-corrected chi connectivity index (χ2v) is 5.80. The number of thiazole rings is 1. The van der Waals surface area contributed by atoms with Gasteiger partial charge in [0.05, 0.1) is 11.0 Å². The van der Waals surface area contributed by atoms with Crippen molar-refractivity contribution < 1.29 is 5.11 Å². The fourth-order valence-corrected chi connectivity index (χ4v) is 2.72. The molecule has 2 rings (SSSR count). The smallest absolute Gasteiger partial charge is 0.103 e. The zero-order chi connectivity index (χ0) is 12.5. The summed E-state index contributed by atoms with van der Waals surface area (Å²) >= 11 is 1.58. The average Bonchev–Trinajstić information content (AvgIpc) is 2.80. The lowest BCUT2D eigenvalue weighted by atomic mass is 9.85. The van der Waals surface area contributed by atoms with Gasteiger partial charge in [-0.15, -0.1) is 11.3 Å². The molecule has 0 fully saturated rings. The number of rotatable bonds is 3. The first kappa shape index (κ1) is 12.3. The summed E-state index contributed by atoms with van der Waals surface area (Å²) in [5, 5.41) is 10.6. The summed E-state index contributed by atoms with van der Waals surface area (Å²) in [6, 6.07) is 10.3. The SMILES string of the molecule is CC(O)c1cnc(C(C)(C)c2ccccc2)s1. The molecule has 1 heterocycles. The van der Waals surface area contributed by atoms with Crippen molar-refractivity contribution in [3.8, 4) is 0 Å². The van der Waals surface area contributed by atoms with Crippen LogP contribution in [0.15, 0.2) is 36.5 Å². The fraction of sp³-hybridized carbons (Fsp3) is 0.357. The molecule has 2 aromatic rings. The number of aliphatic hydroxyl groups is 1. The molecule has 90 valence electrons. The van der Waals surface area contributed by atoms with Crippen LogP contribution >= 0.6 is 11.3 Å². The Kier molecular flexibility index (Phi) is 3.31. The molecule has 1 unspecified atom stereocenters. The minimum Gasteiger partial charge on any atom is -0.388 e. The summed E-state index contributed by atoms with van der Waals surface area (Å²) in [5.74, 6) is 0. The number of aliphatic hydroxyl groups excluding tert-OH is 1. The summed E-state index contributed by atoms with van der Waals surface area (Å²) in [4.78, 5) is 5.36. The highest BCUT2D eigenvalue weighted by Gasteiger charge is 2.26. The highest BCUT2D eigenvalue weighted by atomic mass is 32.1. The number of aromatic nitrogens is 1. The van der Waals surface area contributed by atoms with Gasteiger partial charge in [-0.3, -0.25) is 0 Å². The van der Waals surface area contributed by atoms with E-state index in [2.05, 4.69) is 31.0 Å². The number of hydrogen-bond donors (Lipinski definition) is 1. The van der Waals surface area contributed by atoms with Gasteiger partial charge in [0.2, 0.25) is 0 Å². The summed E-state index contributed by atoms with van der Waals surface area (Å²) in [7, 11) is 0. The second kappa shape index (κ2) is 4.59. The van der Waals surface area contributed by atoms with Gasteiger partial charge in [0.15, 0.2) is 0 Å². The van der Waals surface area contributed by atoms with Crippen molar-refractivity contribution >= 4 is 11.3 Å². The molecule has 0 amide bonds. The number of nitrogens with zero attached hydrogens (tertiary/aromatic N) is 1. The summed E-state index contributed by atoms with van der Waals surface area (Å²) in [6.45, 7) is 6.09. The summed E-state index contributed by atoms with van der Waals surface area (Å²) in [5.41, 5.74) is 1.13. The van der Waals surface area contributed by atoms with Gasteiger partial charge in [0.25, 0.3) is 0 Å². The van der Waals surface area contributed by atoms with Gasteiger partial charge in [-0.25, -0.2) is 4.98 Å². The van der Waals surface area contributed by atoms with Crippen molar-refractivity contribution in [1.29, 1.82) is 0 Å². The van der Waals surface area contributed by atoms with Crippen LogP contribution in [0.1, 0.15) is 42.3 Å². The second-order valence-electron chi connectivity index (χ2n) is 4.73. The van der Waals surface area contributed by atoms with Crippen LogP contribution < -0.4 is 0 Å². The Morgan fingerprint density at radius 3 is 2.41 bits per heavy atom. The van der Waals surface area contributed by atoms with E-state index in [4.69, 9.17) is 0 Å². The quantitative estimate of drug-likeness (QED) is 0.900. The van der Waals surface area contributed by atoms with E-state index in [1.165, 1.54) is 5.56 Å². The Labute approximate surface area is 106 Å². The first-order valence-electron chi connectivity index (χ1n) is 5.71. The molecule has 1 aromatic carbocycles. The molecule has 0 aliphatic heterocycles. The summed E-state index contributed by atoms with van der Waals surface area (Å²) < 4.78 is 0. The monoisotopic (exact) mass is 247 g/mol. The predicted molar refractivity (Wildman–Crippen MR) is 71.3 cm³/mol. The molecule has 0 bridgehead atoms. The first-order chi connectivity index (χ1) is 8.01. The van der Waals surface area contributed by atoms with Crippen LogP contribution in [0.4, 0.5) is 0 Å². The van der Waals surface area contributed by atoms with E-state index in [-0.39, 0.29) is 5.41 Å². The molecular weight excluding hydrogens is 230 g/mol. The van der Waals surface area contributed by atoms with Gasteiger partial charge in [-0.05, 0) is 26.3 Å². The van der Waals surface area contributed by atoms with Crippen LogP contribution in [0.5, 0.6) is 0 Å². The lowest BCUT2D eigenvalue weighted by Crippen LogP contribution is -2.18. The van der Waals surface area contributed by atoms with E-state index in [9.17, 15) is 5.11 Å². The molecule has 3 heteroatoms. The zero-order valence-electron chi connectivity index (χ0n) is 10.3. The van der Waals surface area contributed by atoms with Gasteiger partial charge in [0.1, 0.15) is 5.01 Å². The van der Waals surface area contributed by atoms with Crippen molar-refractivity contribution in [3.05, 3.63) is 52.0 Å². The Balaban J connectivity index is 2.37. The molecule has 1 atom stereocenters. The van der Waals surface area contributed by atoms with Crippen molar-refractivity contribution in [3.63, 3.8) is 0 Å². The Morgan fingerprint density at radius 2 is 1.88 bits per heavy atom. The highest BCUT2D eigenvalue weighted by molar-refractivity contribution is 7.11. The Morgan fingerprint density at radius 1 is 1.24 bits per heavy atom. The summed E-state index contributed by atoms with van der Waals surface area (Å²) in [6.07, 6.45) is 1.34. The number of hydrogen-bond acceptors (Lipinski definition) is 3. The standard InChI is InChI=1S/C14H17NOS/c1-10(16)12-9-15-13(17-12)14(2,3)11-7-5-4-6-8-11/h4-10,16H,1-3H3. The Hall–Kier alpha value is -1.19. The lowest BCUT2D eigenvalue weighted by molar-refractivity contribution is 0.203. The van der Waals surface area contributed by atoms with Crippen LogP contribution in [-0.2, 0) is 5.41 Å². The highest BCUT2D eigenvalue weighted by Crippen LogP contribution is 2.35. The van der Waals surface area contributed by atoms with Crippen LogP contribution in [0, 0.1) is 0 Å². The fourth-order valence-electron chi connectivity index (χ4n) is 1.75. The number of benzene rings is 1. The normalized spacial score (nSPS) is 13.6. The van der Waals surface area contributed by atoms with Gasteiger partial charge in [0, 0.05) is 11.6 Å². The van der Waals surface area contributed by atoms with Gasteiger partial charge < -0.3 is 5.11 Å². The van der Waals surface area contributed by atoms with E-state index in [1.807, 2.05) is 18.2 Å². The maximum atomic E-state index is 9.54. The minimum absolute atomic E-state index is 0.112. The van der Waals surface area contributed by atoms with E-state index >= 15 is 0 Å². The van der Waals surface area contributed by atoms with Crippen molar-refractivity contribution in [2.45, 2.75) is 32.3 Å². The largest absolute Gasteiger partial charge is 0.388 e.